The molecule has 0 radical (unpaired) electrons. The minimum Gasteiger partial charge on any atom is -0.404 e. The molecule has 9 heteroatoms. The van der Waals surface area contributed by atoms with E-state index in [0.717, 1.165) is 19.5 Å². The van der Waals surface area contributed by atoms with E-state index in [9.17, 15) is 13.2 Å². The third-order valence-electron chi connectivity index (χ3n) is 4.30. The summed E-state index contributed by atoms with van der Waals surface area (Å²) < 4.78 is 41.4. The van der Waals surface area contributed by atoms with Crippen molar-refractivity contribution in [3.8, 4) is 5.75 Å². The lowest BCUT2D eigenvalue weighted by Gasteiger charge is -2.18. The van der Waals surface area contributed by atoms with Crippen molar-refractivity contribution in [2.24, 2.45) is 16.6 Å². The van der Waals surface area contributed by atoms with Crippen molar-refractivity contribution in [2.45, 2.75) is 12.8 Å². The standard InChI is InChI=1S/C19H21F3N4O.HI/c20-19(21,22)27-17-9-5-4-8-16(17)25-18(23)24-12-14-10-11-26(13-14)15-6-2-1-3-7-15;/h1-9,14H,10-13H2,(H3,23,24,25);1H. The van der Waals surface area contributed by atoms with Gasteiger partial charge in [-0.3, -0.25) is 4.99 Å². The first-order valence-electron chi connectivity index (χ1n) is 8.62. The SMILES string of the molecule is I.NC(=NCC1CCN(c2ccccc2)C1)Nc1ccccc1OC(F)(F)F. The molecule has 0 spiro atoms. The Bertz CT molecular complexity index is 786. The lowest BCUT2D eigenvalue weighted by atomic mass is 10.1. The van der Waals surface area contributed by atoms with Crippen LogP contribution in [0.4, 0.5) is 24.5 Å². The van der Waals surface area contributed by atoms with Gasteiger partial charge >= 0.3 is 6.36 Å². The second kappa shape index (κ2) is 9.85. The number of aliphatic imine (C=N–C) groups is 1. The van der Waals surface area contributed by atoms with E-state index >= 15 is 0 Å². The number of rotatable bonds is 5. The normalized spacial score (nSPS) is 17.2. The molecule has 3 N–H and O–H groups in total. The van der Waals surface area contributed by atoms with E-state index in [1.165, 1.54) is 23.9 Å². The molecule has 0 amide bonds. The smallest absolute Gasteiger partial charge is 0.404 e. The quantitative estimate of drug-likeness (QED) is 0.358. The van der Waals surface area contributed by atoms with Crippen molar-refractivity contribution in [1.29, 1.82) is 0 Å². The molecule has 2 aromatic carbocycles. The maximum Gasteiger partial charge on any atom is 0.573 e. The first kappa shape index (κ1) is 22.1. The highest BCUT2D eigenvalue weighted by molar-refractivity contribution is 14.0. The molecule has 28 heavy (non-hydrogen) atoms. The Kier molecular flexibility index (Phi) is 7.78. The van der Waals surface area contributed by atoms with E-state index in [1.54, 1.807) is 6.07 Å². The van der Waals surface area contributed by atoms with E-state index in [-0.39, 0.29) is 41.4 Å². The predicted molar refractivity (Wildman–Crippen MR) is 115 cm³/mol. The summed E-state index contributed by atoms with van der Waals surface area (Å²) >= 11 is 0. The Morgan fingerprint density at radius 3 is 2.54 bits per heavy atom. The number of nitrogens with two attached hydrogens (primary N) is 1. The molecule has 1 fully saturated rings. The molecule has 1 aliphatic heterocycles. The van der Waals surface area contributed by atoms with Gasteiger partial charge in [-0.2, -0.15) is 0 Å². The van der Waals surface area contributed by atoms with Crippen molar-refractivity contribution in [3.05, 3.63) is 54.6 Å². The van der Waals surface area contributed by atoms with Gasteiger partial charge in [-0.1, -0.05) is 30.3 Å². The van der Waals surface area contributed by atoms with Crippen molar-refractivity contribution in [1.82, 2.24) is 0 Å². The molecule has 0 bridgehead atoms. The van der Waals surface area contributed by atoms with Crippen molar-refractivity contribution >= 4 is 41.3 Å². The fourth-order valence-corrected chi connectivity index (χ4v) is 3.04. The number of halogens is 4. The van der Waals surface area contributed by atoms with Crippen molar-refractivity contribution < 1.29 is 17.9 Å². The maximum atomic E-state index is 12.5. The van der Waals surface area contributed by atoms with Gasteiger partial charge in [0, 0.05) is 25.3 Å². The van der Waals surface area contributed by atoms with Crippen LogP contribution in [0.15, 0.2) is 59.6 Å². The van der Waals surface area contributed by atoms with Gasteiger partial charge in [0.1, 0.15) is 0 Å². The largest absolute Gasteiger partial charge is 0.573 e. The summed E-state index contributed by atoms with van der Waals surface area (Å²) in [6.45, 7) is 2.32. The molecule has 0 aliphatic carbocycles. The van der Waals surface area contributed by atoms with Gasteiger partial charge in [0.25, 0.3) is 0 Å². The van der Waals surface area contributed by atoms with Crippen LogP contribution in [0.5, 0.6) is 5.75 Å². The molecular formula is C19H22F3IN4O. The third kappa shape index (κ3) is 6.47. The fraction of sp³-hybridized carbons (Fsp3) is 0.316. The first-order chi connectivity index (χ1) is 12.9. The van der Waals surface area contributed by atoms with Gasteiger partial charge in [0.15, 0.2) is 11.7 Å². The summed E-state index contributed by atoms with van der Waals surface area (Å²) in [7, 11) is 0. The number of nitrogens with zero attached hydrogens (tertiary/aromatic N) is 2. The fourth-order valence-electron chi connectivity index (χ4n) is 3.04. The number of hydrogen-bond acceptors (Lipinski definition) is 3. The molecule has 5 nitrogen and oxygen atoms in total. The average Bonchev–Trinajstić information content (AvgIpc) is 3.10. The molecule has 152 valence electrons. The number of anilines is 2. The Labute approximate surface area is 178 Å². The Hall–Kier alpha value is -2.17. The Morgan fingerprint density at radius 1 is 1.14 bits per heavy atom. The van der Waals surface area contributed by atoms with Crippen LogP contribution in [-0.2, 0) is 0 Å². The van der Waals surface area contributed by atoms with E-state index in [1.807, 2.05) is 18.2 Å². The predicted octanol–water partition coefficient (Wildman–Crippen LogP) is 4.46. The van der Waals surface area contributed by atoms with Crippen LogP contribution in [0.3, 0.4) is 0 Å². The molecular weight excluding hydrogens is 484 g/mol. The summed E-state index contributed by atoms with van der Waals surface area (Å²) in [5, 5.41) is 2.69. The minimum atomic E-state index is -4.77. The molecule has 2 aromatic rings. The molecule has 0 aromatic heterocycles. The van der Waals surface area contributed by atoms with E-state index in [0.29, 0.717) is 12.5 Å². The van der Waals surface area contributed by atoms with E-state index < -0.39 is 6.36 Å². The molecule has 0 saturated carbocycles. The highest BCUT2D eigenvalue weighted by atomic mass is 127. The number of benzene rings is 2. The highest BCUT2D eigenvalue weighted by Gasteiger charge is 2.32. The number of hydrogen-bond donors (Lipinski definition) is 2. The van der Waals surface area contributed by atoms with Crippen LogP contribution < -0.4 is 20.7 Å². The topological polar surface area (TPSA) is 62.9 Å². The Morgan fingerprint density at radius 2 is 1.82 bits per heavy atom. The van der Waals surface area contributed by atoms with Crippen LogP contribution in [0.25, 0.3) is 0 Å². The monoisotopic (exact) mass is 506 g/mol. The van der Waals surface area contributed by atoms with Crippen molar-refractivity contribution in [3.63, 3.8) is 0 Å². The van der Waals surface area contributed by atoms with Crippen LogP contribution in [-0.4, -0.2) is 32.0 Å². The molecule has 1 saturated heterocycles. The number of alkyl halides is 3. The van der Waals surface area contributed by atoms with Gasteiger partial charge in [-0.05, 0) is 36.6 Å². The molecule has 1 heterocycles. The molecule has 1 unspecified atom stereocenters. The summed E-state index contributed by atoms with van der Waals surface area (Å²) in [5.74, 6) is 0.0536. The number of ether oxygens (including phenoxy) is 1. The average molecular weight is 506 g/mol. The van der Waals surface area contributed by atoms with Gasteiger partial charge in [-0.25, -0.2) is 0 Å². The van der Waals surface area contributed by atoms with Crippen LogP contribution in [0.1, 0.15) is 6.42 Å². The lowest BCUT2D eigenvalue weighted by molar-refractivity contribution is -0.274. The summed E-state index contributed by atoms with van der Waals surface area (Å²) in [6, 6.07) is 15.8. The second-order valence-electron chi connectivity index (χ2n) is 6.33. The zero-order valence-electron chi connectivity index (χ0n) is 15.0. The zero-order valence-corrected chi connectivity index (χ0v) is 17.4. The Balaban J connectivity index is 0.00000280. The molecule has 1 atom stereocenters. The lowest BCUT2D eigenvalue weighted by Crippen LogP contribution is -2.26. The third-order valence-corrected chi connectivity index (χ3v) is 4.30. The summed E-state index contributed by atoms with van der Waals surface area (Å²) in [5.41, 5.74) is 7.14. The zero-order chi connectivity index (χ0) is 19.3. The summed E-state index contributed by atoms with van der Waals surface area (Å²) in [6.07, 6.45) is -3.78. The van der Waals surface area contributed by atoms with Gasteiger partial charge < -0.3 is 20.7 Å². The van der Waals surface area contributed by atoms with Crippen molar-refractivity contribution in [2.75, 3.05) is 29.9 Å². The van der Waals surface area contributed by atoms with E-state index in [2.05, 4.69) is 32.1 Å². The molecule has 1 aliphatic rings. The summed E-state index contributed by atoms with van der Waals surface area (Å²) in [4.78, 5) is 6.57. The highest BCUT2D eigenvalue weighted by Crippen LogP contribution is 2.30. The first-order valence-corrected chi connectivity index (χ1v) is 8.62. The van der Waals surface area contributed by atoms with Gasteiger partial charge in [0.2, 0.25) is 0 Å². The second-order valence-corrected chi connectivity index (χ2v) is 6.33. The minimum absolute atomic E-state index is 0. The van der Waals surface area contributed by atoms with Crippen LogP contribution >= 0.6 is 24.0 Å². The number of guanidine groups is 1. The van der Waals surface area contributed by atoms with Gasteiger partial charge in [0.05, 0.1) is 5.69 Å². The van der Waals surface area contributed by atoms with E-state index in [4.69, 9.17) is 5.73 Å². The number of para-hydroxylation sites is 3. The van der Waals surface area contributed by atoms with Crippen LogP contribution in [0, 0.1) is 5.92 Å². The molecule has 3 rings (SSSR count). The van der Waals surface area contributed by atoms with Crippen LogP contribution in [0.2, 0.25) is 0 Å². The number of nitrogens with one attached hydrogen (secondary N) is 1. The maximum absolute atomic E-state index is 12.5. The van der Waals surface area contributed by atoms with Gasteiger partial charge in [-0.15, -0.1) is 37.1 Å².